The van der Waals surface area contributed by atoms with Crippen LogP contribution in [0.25, 0.3) is 0 Å². The van der Waals surface area contributed by atoms with Gasteiger partial charge in [0, 0.05) is 12.1 Å². The monoisotopic (exact) mass is 255 g/mol. The zero-order valence-corrected chi connectivity index (χ0v) is 11.5. The predicted molar refractivity (Wildman–Crippen MR) is 71.6 cm³/mol. The van der Waals surface area contributed by atoms with Crippen LogP contribution < -0.4 is 5.32 Å². The summed E-state index contributed by atoms with van der Waals surface area (Å²) in [6.07, 6.45) is 2.60. The average Bonchev–Trinajstić information content (AvgIpc) is 2.30. The molecule has 102 valence electrons. The molecule has 0 bridgehead atoms. The Morgan fingerprint density at radius 2 is 1.94 bits per heavy atom. The van der Waals surface area contributed by atoms with Crippen molar-refractivity contribution >= 4 is 0 Å². The van der Waals surface area contributed by atoms with E-state index in [1.807, 2.05) is 0 Å². The van der Waals surface area contributed by atoms with Gasteiger partial charge >= 0.3 is 0 Å². The first-order chi connectivity index (χ1) is 8.54. The van der Waals surface area contributed by atoms with Gasteiger partial charge in [0.05, 0.1) is 0 Å². The summed E-state index contributed by atoms with van der Waals surface area (Å²) in [5, 5.41) is 3.44. The van der Waals surface area contributed by atoms with Crippen molar-refractivity contribution in [2.24, 2.45) is 5.92 Å². The minimum atomic E-state index is -0.510. The Hall–Kier alpha value is -0.960. The van der Waals surface area contributed by atoms with Crippen LogP contribution in [0.15, 0.2) is 18.2 Å². The molecule has 0 saturated heterocycles. The smallest absolute Gasteiger partial charge is 0.129 e. The molecule has 1 aromatic carbocycles. The summed E-state index contributed by atoms with van der Waals surface area (Å²) in [6.45, 7) is 7.42. The molecule has 0 heterocycles. The number of hydrogen-bond donors (Lipinski definition) is 1. The van der Waals surface area contributed by atoms with Crippen LogP contribution in [-0.4, -0.2) is 12.6 Å². The Balaban J connectivity index is 2.45. The molecule has 0 aromatic heterocycles. The molecule has 1 N–H and O–H groups in total. The maximum Gasteiger partial charge on any atom is 0.129 e. The van der Waals surface area contributed by atoms with Crippen molar-refractivity contribution in [2.75, 3.05) is 6.54 Å². The lowest BCUT2D eigenvalue weighted by molar-refractivity contribution is 0.376. The fourth-order valence-electron chi connectivity index (χ4n) is 2.17. The van der Waals surface area contributed by atoms with Crippen LogP contribution in [0.5, 0.6) is 0 Å². The number of rotatable bonds is 7. The van der Waals surface area contributed by atoms with Gasteiger partial charge in [-0.25, -0.2) is 8.78 Å². The van der Waals surface area contributed by atoms with Gasteiger partial charge in [-0.15, -0.1) is 0 Å². The van der Waals surface area contributed by atoms with Crippen molar-refractivity contribution < 1.29 is 8.78 Å². The molecule has 0 saturated carbocycles. The van der Waals surface area contributed by atoms with Crippen LogP contribution in [0.3, 0.4) is 0 Å². The molecule has 1 aromatic rings. The summed E-state index contributed by atoms with van der Waals surface area (Å²) in [4.78, 5) is 0. The van der Waals surface area contributed by atoms with Crippen molar-refractivity contribution in [2.45, 2.75) is 46.1 Å². The molecular formula is C15H23F2N. The standard InChI is InChI=1S/C15H23F2N/c1-4-18-15(11(2)3)7-5-6-12-8-9-13(16)10-14(12)17/h8-11,15,18H,4-7H2,1-3H3. The van der Waals surface area contributed by atoms with Crippen molar-refractivity contribution in [3.8, 4) is 0 Å². The molecule has 0 fully saturated rings. The van der Waals surface area contributed by atoms with Gasteiger partial charge < -0.3 is 5.32 Å². The summed E-state index contributed by atoms with van der Waals surface area (Å²) in [7, 11) is 0. The zero-order chi connectivity index (χ0) is 13.5. The molecule has 0 aliphatic rings. The zero-order valence-electron chi connectivity index (χ0n) is 11.5. The molecular weight excluding hydrogens is 232 g/mol. The molecule has 1 rings (SSSR count). The number of halogens is 2. The van der Waals surface area contributed by atoms with Crippen LogP contribution in [-0.2, 0) is 6.42 Å². The molecule has 1 unspecified atom stereocenters. The van der Waals surface area contributed by atoms with E-state index < -0.39 is 11.6 Å². The number of hydrogen-bond acceptors (Lipinski definition) is 1. The summed E-state index contributed by atoms with van der Waals surface area (Å²) < 4.78 is 26.2. The van der Waals surface area contributed by atoms with E-state index in [2.05, 4.69) is 26.1 Å². The molecule has 1 atom stereocenters. The fraction of sp³-hybridized carbons (Fsp3) is 0.600. The Labute approximate surface area is 109 Å². The molecule has 0 amide bonds. The Morgan fingerprint density at radius 3 is 2.50 bits per heavy atom. The Bertz CT molecular complexity index is 364. The van der Waals surface area contributed by atoms with Gasteiger partial charge in [-0.3, -0.25) is 0 Å². The van der Waals surface area contributed by atoms with E-state index in [0.717, 1.165) is 25.5 Å². The number of nitrogens with one attached hydrogen (secondary N) is 1. The van der Waals surface area contributed by atoms with Gasteiger partial charge in [-0.2, -0.15) is 0 Å². The van der Waals surface area contributed by atoms with Gasteiger partial charge in [0.15, 0.2) is 0 Å². The highest BCUT2D eigenvalue weighted by molar-refractivity contribution is 5.18. The third-order valence-electron chi connectivity index (χ3n) is 3.25. The first-order valence-electron chi connectivity index (χ1n) is 6.72. The highest BCUT2D eigenvalue weighted by Crippen LogP contribution is 2.15. The average molecular weight is 255 g/mol. The first-order valence-corrected chi connectivity index (χ1v) is 6.72. The second kappa shape index (κ2) is 7.47. The second-order valence-electron chi connectivity index (χ2n) is 5.04. The Morgan fingerprint density at radius 1 is 1.22 bits per heavy atom. The predicted octanol–water partition coefficient (Wildman–Crippen LogP) is 3.92. The largest absolute Gasteiger partial charge is 0.314 e. The molecule has 0 aliphatic carbocycles. The fourth-order valence-corrected chi connectivity index (χ4v) is 2.17. The molecule has 3 heteroatoms. The summed E-state index contributed by atoms with van der Waals surface area (Å²) >= 11 is 0. The van der Waals surface area contributed by atoms with Crippen molar-refractivity contribution in [3.05, 3.63) is 35.4 Å². The van der Waals surface area contributed by atoms with Gasteiger partial charge in [0.1, 0.15) is 11.6 Å². The van der Waals surface area contributed by atoms with Crippen molar-refractivity contribution in [1.29, 1.82) is 0 Å². The lowest BCUT2D eigenvalue weighted by Gasteiger charge is -2.21. The molecule has 0 spiro atoms. The molecule has 0 aliphatic heterocycles. The maximum atomic E-state index is 13.4. The van der Waals surface area contributed by atoms with E-state index in [-0.39, 0.29) is 0 Å². The van der Waals surface area contributed by atoms with Crippen LogP contribution in [0.1, 0.15) is 39.2 Å². The van der Waals surface area contributed by atoms with Crippen LogP contribution in [0, 0.1) is 17.6 Å². The van der Waals surface area contributed by atoms with Crippen LogP contribution in [0.4, 0.5) is 8.78 Å². The molecule has 1 nitrogen and oxygen atoms in total. The SMILES string of the molecule is CCNC(CCCc1ccc(F)cc1F)C(C)C. The van der Waals surface area contributed by atoms with E-state index in [1.54, 1.807) is 6.07 Å². The summed E-state index contributed by atoms with van der Waals surface area (Å²) in [5.74, 6) is -0.369. The normalized spacial score (nSPS) is 13.0. The minimum Gasteiger partial charge on any atom is -0.314 e. The molecule has 18 heavy (non-hydrogen) atoms. The van der Waals surface area contributed by atoms with E-state index in [1.165, 1.54) is 6.07 Å². The summed E-state index contributed by atoms with van der Waals surface area (Å²) in [5.41, 5.74) is 0.607. The topological polar surface area (TPSA) is 12.0 Å². The Kier molecular flexibility index (Phi) is 6.27. The van der Waals surface area contributed by atoms with Crippen LogP contribution >= 0.6 is 0 Å². The van der Waals surface area contributed by atoms with Gasteiger partial charge in [-0.05, 0) is 43.4 Å². The van der Waals surface area contributed by atoms with Gasteiger partial charge in [0.2, 0.25) is 0 Å². The van der Waals surface area contributed by atoms with E-state index >= 15 is 0 Å². The second-order valence-corrected chi connectivity index (χ2v) is 5.04. The first kappa shape index (κ1) is 15.1. The van der Waals surface area contributed by atoms with Crippen molar-refractivity contribution in [3.63, 3.8) is 0 Å². The highest BCUT2D eigenvalue weighted by atomic mass is 19.1. The number of benzene rings is 1. The van der Waals surface area contributed by atoms with Crippen LogP contribution in [0.2, 0.25) is 0 Å². The lowest BCUT2D eigenvalue weighted by atomic mass is 9.96. The highest BCUT2D eigenvalue weighted by Gasteiger charge is 2.12. The minimum absolute atomic E-state index is 0.431. The van der Waals surface area contributed by atoms with Gasteiger partial charge in [-0.1, -0.05) is 26.8 Å². The lowest BCUT2D eigenvalue weighted by Crippen LogP contribution is -2.33. The van der Waals surface area contributed by atoms with E-state index in [9.17, 15) is 8.78 Å². The number of aryl methyl sites for hydroxylation is 1. The maximum absolute atomic E-state index is 13.4. The van der Waals surface area contributed by atoms with Crippen molar-refractivity contribution in [1.82, 2.24) is 5.32 Å². The van der Waals surface area contributed by atoms with Gasteiger partial charge in [0.25, 0.3) is 0 Å². The van der Waals surface area contributed by atoms with E-state index in [4.69, 9.17) is 0 Å². The summed E-state index contributed by atoms with van der Waals surface area (Å²) in [6, 6.07) is 4.29. The molecule has 0 radical (unpaired) electrons. The van der Waals surface area contributed by atoms with E-state index in [0.29, 0.717) is 23.9 Å². The third-order valence-corrected chi connectivity index (χ3v) is 3.25. The third kappa shape index (κ3) is 4.73. The quantitative estimate of drug-likeness (QED) is 0.778.